The molecule has 0 N–H and O–H groups in total. The first-order valence-electron chi connectivity index (χ1n) is 6.15. The first-order valence-corrected chi connectivity index (χ1v) is 7.87. The number of nitro groups is 1. The fourth-order valence-electron chi connectivity index (χ4n) is 1.74. The molecule has 0 saturated carbocycles. The van der Waals surface area contributed by atoms with Gasteiger partial charge in [-0.2, -0.15) is 0 Å². The van der Waals surface area contributed by atoms with Crippen LogP contribution in [0.25, 0.3) is 6.08 Å². The van der Waals surface area contributed by atoms with Crippen LogP contribution < -0.4 is 0 Å². The number of sulfone groups is 1. The van der Waals surface area contributed by atoms with Crippen LogP contribution in [0.2, 0.25) is 0 Å². The Morgan fingerprint density at radius 1 is 1.00 bits per heavy atom. The molecule has 0 aliphatic carbocycles. The van der Waals surface area contributed by atoms with Crippen LogP contribution in [0.15, 0.2) is 60.0 Å². The van der Waals surface area contributed by atoms with Crippen molar-refractivity contribution in [2.75, 3.05) is 0 Å². The smallest absolute Gasteiger partial charge is 0.258 e. The maximum absolute atomic E-state index is 12.0. The largest absolute Gasteiger partial charge is 0.269 e. The summed E-state index contributed by atoms with van der Waals surface area (Å²) in [4.78, 5) is 10.0. The Kier molecular flexibility index (Phi) is 4.49. The highest BCUT2D eigenvalue weighted by Gasteiger charge is 2.08. The molecule has 2 rings (SSSR count). The lowest BCUT2D eigenvalue weighted by Crippen LogP contribution is -1.99. The van der Waals surface area contributed by atoms with E-state index >= 15 is 0 Å². The molecular weight excluding hydrogens is 290 g/mol. The molecule has 21 heavy (non-hydrogen) atoms. The van der Waals surface area contributed by atoms with Crippen LogP contribution in [-0.2, 0) is 15.6 Å². The summed E-state index contributed by atoms with van der Waals surface area (Å²) < 4.78 is 23.9. The maximum atomic E-state index is 12.0. The topological polar surface area (TPSA) is 77.3 Å². The Morgan fingerprint density at radius 2 is 1.62 bits per heavy atom. The Morgan fingerprint density at radius 3 is 2.19 bits per heavy atom. The van der Waals surface area contributed by atoms with Gasteiger partial charge in [-0.15, -0.1) is 0 Å². The van der Waals surface area contributed by atoms with E-state index in [-0.39, 0.29) is 11.4 Å². The third-order valence-corrected chi connectivity index (χ3v) is 4.07. The summed E-state index contributed by atoms with van der Waals surface area (Å²) >= 11 is 0. The Hall–Kier alpha value is -2.47. The number of hydrogen-bond acceptors (Lipinski definition) is 4. The molecule has 0 aliphatic heterocycles. The first kappa shape index (κ1) is 14.9. The first-order chi connectivity index (χ1) is 9.96. The summed E-state index contributed by atoms with van der Waals surface area (Å²) in [6.45, 7) is 0. The van der Waals surface area contributed by atoms with Gasteiger partial charge in [0, 0.05) is 17.5 Å². The van der Waals surface area contributed by atoms with Crippen molar-refractivity contribution in [2.24, 2.45) is 0 Å². The van der Waals surface area contributed by atoms with Gasteiger partial charge in [0.15, 0.2) is 9.84 Å². The quantitative estimate of drug-likeness (QED) is 0.628. The normalized spacial score (nSPS) is 11.6. The Bertz CT molecular complexity index is 750. The van der Waals surface area contributed by atoms with Gasteiger partial charge < -0.3 is 0 Å². The fraction of sp³-hybridized carbons (Fsp3) is 0.0667. The van der Waals surface area contributed by atoms with Gasteiger partial charge in [0.1, 0.15) is 0 Å². The molecule has 0 aliphatic rings. The summed E-state index contributed by atoms with van der Waals surface area (Å²) in [5, 5.41) is 11.7. The van der Waals surface area contributed by atoms with Crippen molar-refractivity contribution in [3.8, 4) is 0 Å². The van der Waals surface area contributed by atoms with Gasteiger partial charge >= 0.3 is 0 Å². The minimum Gasteiger partial charge on any atom is -0.258 e. The highest BCUT2D eigenvalue weighted by Crippen LogP contribution is 2.14. The molecule has 0 amide bonds. The second-order valence-corrected chi connectivity index (χ2v) is 6.33. The summed E-state index contributed by atoms with van der Waals surface area (Å²) in [5.41, 5.74) is 1.28. The molecule has 0 fully saturated rings. The number of nitro benzene ring substituents is 1. The number of non-ortho nitro benzene ring substituents is 1. The molecule has 5 nitrogen and oxygen atoms in total. The van der Waals surface area contributed by atoms with Gasteiger partial charge in [-0.25, -0.2) is 8.42 Å². The lowest BCUT2D eigenvalue weighted by Gasteiger charge is -1.99. The lowest BCUT2D eigenvalue weighted by molar-refractivity contribution is -0.384. The van der Waals surface area contributed by atoms with Crippen molar-refractivity contribution in [2.45, 2.75) is 5.75 Å². The molecule has 0 bridgehead atoms. The second kappa shape index (κ2) is 6.32. The zero-order chi connectivity index (χ0) is 15.3. The van der Waals surface area contributed by atoms with Crippen LogP contribution in [0.1, 0.15) is 11.1 Å². The second-order valence-electron chi connectivity index (χ2n) is 4.44. The Balaban J connectivity index is 2.10. The molecule has 108 valence electrons. The minimum absolute atomic E-state index is 0.0284. The number of benzene rings is 2. The number of hydrogen-bond donors (Lipinski definition) is 0. The maximum Gasteiger partial charge on any atom is 0.269 e. The van der Waals surface area contributed by atoms with Gasteiger partial charge in [-0.1, -0.05) is 30.3 Å². The molecule has 0 atom stereocenters. The van der Waals surface area contributed by atoms with Gasteiger partial charge in [0.2, 0.25) is 0 Å². The van der Waals surface area contributed by atoms with Gasteiger partial charge in [-0.3, -0.25) is 10.1 Å². The molecule has 0 spiro atoms. The van der Waals surface area contributed by atoms with E-state index in [1.807, 2.05) is 6.07 Å². The van der Waals surface area contributed by atoms with E-state index in [2.05, 4.69) is 0 Å². The van der Waals surface area contributed by atoms with Crippen molar-refractivity contribution in [3.63, 3.8) is 0 Å². The van der Waals surface area contributed by atoms with Gasteiger partial charge in [0.25, 0.3) is 5.69 Å². The number of rotatable bonds is 5. The average molecular weight is 303 g/mol. The van der Waals surface area contributed by atoms with Crippen LogP contribution in [0, 0.1) is 10.1 Å². The van der Waals surface area contributed by atoms with Crippen LogP contribution in [0.5, 0.6) is 0 Å². The van der Waals surface area contributed by atoms with Crippen molar-refractivity contribution in [1.82, 2.24) is 0 Å². The van der Waals surface area contributed by atoms with E-state index in [4.69, 9.17) is 0 Å². The van der Waals surface area contributed by atoms with Crippen LogP contribution >= 0.6 is 0 Å². The highest BCUT2D eigenvalue weighted by molar-refractivity contribution is 7.93. The molecule has 0 radical (unpaired) electrons. The van der Waals surface area contributed by atoms with Crippen molar-refractivity contribution >= 4 is 21.6 Å². The molecule has 0 unspecified atom stereocenters. The van der Waals surface area contributed by atoms with Crippen molar-refractivity contribution in [1.29, 1.82) is 0 Å². The summed E-state index contributed by atoms with van der Waals surface area (Å²) in [6, 6.07) is 14.6. The average Bonchev–Trinajstić information content (AvgIpc) is 2.46. The fourth-order valence-corrected chi connectivity index (χ4v) is 2.86. The third-order valence-electron chi connectivity index (χ3n) is 2.78. The van der Waals surface area contributed by atoms with Gasteiger partial charge in [-0.05, 0) is 29.3 Å². The molecule has 0 aromatic heterocycles. The van der Waals surface area contributed by atoms with Crippen LogP contribution in [0.4, 0.5) is 5.69 Å². The SMILES string of the molecule is O=[N+]([O-])c1ccc(/C=C/S(=O)(=O)Cc2ccccc2)cc1. The van der Waals surface area contributed by atoms with E-state index in [0.29, 0.717) is 11.1 Å². The molecule has 0 saturated heterocycles. The molecular formula is C15H13NO4S. The van der Waals surface area contributed by atoms with Crippen molar-refractivity contribution < 1.29 is 13.3 Å². The zero-order valence-corrected chi connectivity index (χ0v) is 11.9. The Labute approximate surface area is 122 Å². The van der Waals surface area contributed by atoms with Crippen molar-refractivity contribution in [3.05, 3.63) is 81.2 Å². The summed E-state index contributed by atoms with van der Waals surface area (Å²) in [7, 11) is -3.37. The molecule has 2 aromatic carbocycles. The third kappa shape index (κ3) is 4.54. The molecule has 0 heterocycles. The van der Waals surface area contributed by atoms with E-state index in [9.17, 15) is 18.5 Å². The standard InChI is InChI=1S/C15H13NO4S/c17-16(18)15-8-6-13(7-9-15)10-11-21(19,20)12-14-4-2-1-3-5-14/h1-11H,12H2/b11-10+. The zero-order valence-electron chi connectivity index (χ0n) is 11.0. The predicted molar refractivity (Wildman–Crippen MR) is 81.2 cm³/mol. The molecule has 6 heteroatoms. The monoisotopic (exact) mass is 303 g/mol. The highest BCUT2D eigenvalue weighted by atomic mass is 32.2. The summed E-state index contributed by atoms with van der Waals surface area (Å²) in [6.07, 6.45) is 1.43. The number of nitrogens with zero attached hydrogens (tertiary/aromatic N) is 1. The minimum atomic E-state index is -3.37. The van der Waals surface area contributed by atoms with Crippen LogP contribution in [-0.4, -0.2) is 13.3 Å². The summed E-state index contributed by atoms with van der Waals surface area (Å²) in [5.74, 6) is -0.0721. The van der Waals surface area contributed by atoms with E-state index in [0.717, 1.165) is 5.41 Å². The van der Waals surface area contributed by atoms with E-state index in [1.165, 1.54) is 30.3 Å². The van der Waals surface area contributed by atoms with Crippen LogP contribution in [0.3, 0.4) is 0 Å². The molecule has 2 aromatic rings. The van der Waals surface area contributed by atoms with E-state index in [1.54, 1.807) is 24.3 Å². The van der Waals surface area contributed by atoms with E-state index < -0.39 is 14.8 Å². The lowest BCUT2D eigenvalue weighted by atomic mass is 10.2. The predicted octanol–water partition coefficient (Wildman–Crippen LogP) is 3.18. The van der Waals surface area contributed by atoms with Gasteiger partial charge in [0.05, 0.1) is 10.7 Å².